The zero-order valence-corrected chi connectivity index (χ0v) is 11.2. The molecule has 0 bridgehead atoms. The standard InChI is InChI=1S/C13H18ClNO3/c1-2-8-9(11(16)7-15)6-10(14)13-12(8)17-4-3-5-18-13/h6,11,16H,2-5,7,15H2,1H3. The molecule has 0 amide bonds. The second kappa shape index (κ2) is 5.78. The number of nitrogens with two attached hydrogens (primary N) is 1. The molecular formula is C13H18ClNO3. The lowest BCUT2D eigenvalue weighted by atomic mass is 9.98. The maximum Gasteiger partial charge on any atom is 0.180 e. The van der Waals surface area contributed by atoms with E-state index in [4.69, 9.17) is 26.8 Å². The molecule has 18 heavy (non-hydrogen) atoms. The van der Waals surface area contributed by atoms with Gasteiger partial charge in [0.05, 0.1) is 24.3 Å². The third kappa shape index (κ3) is 2.41. The third-order valence-corrected chi connectivity index (χ3v) is 3.33. The molecule has 0 aromatic heterocycles. The Bertz CT molecular complexity index is 437. The van der Waals surface area contributed by atoms with Gasteiger partial charge in [0.15, 0.2) is 11.5 Å². The number of benzene rings is 1. The fourth-order valence-corrected chi connectivity index (χ4v) is 2.41. The van der Waals surface area contributed by atoms with Crippen LogP contribution < -0.4 is 15.2 Å². The fourth-order valence-electron chi connectivity index (χ4n) is 2.15. The molecule has 1 atom stereocenters. The minimum Gasteiger partial charge on any atom is -0.489 e. The maximum atomic E-state index is 9.96. The van der Waals surface area contributed by atoms with Crippen LogP contribution in [0.4, 0.5) is 0 Å². The summed E-state index contributed by atoms with van der Waals surface area (Å²) in [6.07, 6.45) is 0.827. The van der Waals surface area contributed by atoms with E-state index in [1.54, 1.807) is 6.07 Å². The van der Waals surface area contributed by atoms with Crippen molar-refractivity contribution in [2.75, 3.05) is 19.8 Å². The van der Waals surface area contributed by atoms with E-state index >= 15 is 0 Å². The minimum atomic E-state index is -0.727. The van der Waals surface area contributed by atoms with Gasteiger partial charge in [0.25, 0.3) is 0 Å². The number of aliphatic hydroxyl groups excluding tert-OH is 1. The molecule has 0 radical (unpaired) electrons. The molecule has 1 aliphatic heterocycles. The first-order valence-corrected chi connectivity index (χ1v) is 6.55. The van der Waals surface area contributed by atoms with E-state index in [1.165, 1.54) is 0 Å². The number of hydrogen-bond acceptors (Lipinski definition) is 4. The quantitative estimate of drug-likeness (QED) is 0.883. The topological polar surface area (TPSA) is 64.7 Å². The predicted octanol–water partition coefficient (Wildman–Crippen LogP) is 2.06. The third-order valence-electron chi connectivity index (χ3n) is 3.05. The Morgan fingerprint density at radius 1 is 1.39 bits per heavy atom. The fraction of sp³-hybridized carbons (Fsp3) is 0.538. The van der Waals surface area contributed by atoms with Crippen LogP contribution in [0.1, 0.15) is 30.6 Å². The Balaban J connectivity index is 2.57. The van der Waals surface area contributed by atoms with Gasteiger partial charge in [-0.15, -0.1) is 0 Å². The highest BCUT2D eigenvalue weighted by Gasteiger charge is 2.23. The van der Waals surface area contributed by atoms with Crippen LogP contribution in [-0.2, 0) is 6.42 Å². The van der Waals surface area contributed by atoms with Gasteiger partial charge in [-0.1, -0.05) is 18.5 Å². The molecule has 0 saturated heterocycles. The highest BCUT2D eigenvalue weighted by Crippen LogP contribution is 2.43. The lowest BCUT2D eigenvalue weighted by Crippen LogP contribution is -2.14. The van der Waals surface area contributed by atoms with E-state index in [0.717, 1.165) is 24.0 Å². The highest BCUT2D eigenvalue weighted by molar-refractivity contribution is 6.32. The smallest absolute Gasteiger partial charge is 0.180 e. The van der Waals surface area contributed by atoms with Crippen LogP contribution in [0.15, 0.2) is 6.07 Å². The molecule has 4 nitrogen and oxygen atoms in total. The molecule has 1 aromatic carbocycles. The van der Waals surface area contributed by atoms with Crippen LogP contribution in [0, 0.1) is 0 Å². The van der Waals surface area contributed by atoms with Crippen molar-refractivity contribution in [2.45, 2.75) is 25.9 Å². The molecule has 0 fully saturated rings. The molecule has 3 N–H and O–H groups in total. The summed E-state index contributed by atoms with van der Waals surface area (Å²) in [6.45, 7) is 3.35. The highest BCUT2D eigenvalue weighted by atomic mass is 35.5. The average Bonchev–Trinajstić information content (AvgIpc) is 2.63. The van der Waals surface area contributed by atoms with Crippen molar-refractivity contribution < 1.29 is 14.6 Å². The van der Waals surface area contributed by atoms with Gasteiger partial charge in [-0.25, -0.2) is 0 Å². The minimum absolute atomic E-state index is 0.156. The van der Waals surface area contributed by atoms with Gasteiger partial charge in [-0.05, 0) is 18.1 Å². The molecule has 1 aliphatic rings. The lowest BCUT2D eigenvalue weighted by Gasteiger charge is -2.19. The zero-order chi connectivity index (χ0) is 13.1. The van der Waals surface area contributed by atoms with Crippen molar-refractivity contribution in [2.24, 2.45) is 5.73 Å². The van der Waals surface area contributed by atoms with Gasteiger partial charge in [-0.2, -0.15) is 0 Å². The van der Waals surface area contributed by atoms with E-state index in [9.17, 15) is 5.11 Å². The molecule has 0 aliphatic carbocycles. The summed E-state index contributed by atoms with van der Waals surface area (Å²) in [6, 6.07) is 1.73. The van der Waals surface area contributed by atoms with Gasteiger partial charge in [0.1, 0.15) is 0 Å². The molecule has 0 spiro atoms. The van der Waals surface area contributed by atoms with Crippen molar-refractivity contribution >= 4 is 11.6 Å². The maximum absolute atomic E-state index is 9.96. The molecule has 1 aromatic rings. The van der Waals surface area contributed by atoms with E-state index < -0.39 is 6.10 Å². The molecule has 0 saturated carbocycles. The number of rotatable bonds is 3. The second-order valence-electron chi connectivity index (χ2n) is 4.24. The molecule has 5 heteroatoms. The van der Waals surface area contributed by atoms with Crippen LogP contribution in [0.5, 0.6) is 11.5 Å². The largest absolute Gasteiger partial charge is 0.489 e. The molecule has 100 valence electrons. The van der Waals surface area contributed by atoms with Crippen LogP contribution in [0.25, 0.3) is 0 Å². The Labute approximate surface area is 112 Å². The van der Waals surface area contributed by atoms with E-state index in [1.807, 2.05) is 6.92 Å². The summed E-state index contributed by atoms with van der Waals surface area (Å²) >= 11 is 6.19. The number of fused-ring (bicyclic) bond motifs is 1. The van der Waals surface area contributed by atoms with Crippen LogP contribution in [-0.4, -0.2) is 24.9 Å². The van der Waals surface area contributed by atoms with Gasteiger partial charge in [0, 0.05) is 18.5 Å². The Kier molecular flexibility index (Phi) is 4.32. The number of hydrogen-bond donors (Lipinski definition) is 2. The van der Waals surface area contributed by atoms with E-state index in [-0.39, 0.29) is 6.54 Å². The number of halogens is 1. The van der Waals surface area contributed by atoms with Gasteiger partial charge in [-0.3, -0.25) is 0 Å². The summed E-state index contributed by atoms with van der Waals surface area (Å²) < 4.78 is 11.3. The molecule has 1 heterocycles. The van der Waals surface area contributed by atoms with E-state index in [2.05, 4.69) is 0 Å². The average molecular weight is 272 g/mol. The van der Waals surface area contributed by atoms with Crippen LogP contribution in [0.2, 0.25) is 5.02 Å². The van der Waals surface area contributed by atoms with Crippen LogP contribution in [0.3, 0.4) is 0 Å². The molecular weight excluding hydrogens is 254 g/mol. The lowest BCUT2D eigenvalue weighted by molar-refractivity contribution is 0.185. The van der Waals surface area contributed by atoms with Crippen molar-refractivity contribution in [3.8, 4) is 11.5 Å². The van der Waals surface area contributed by atoms with Gasteiger partial charge >= 0.3 is 0 Å². The summed E-state index contributed by atoms with van der Waals surface area (Å²) in [5, 5.41) is 10.4. The first-order chi connectivity index (χ1) is 8.69. The van der Waals surface area contributed by atoms with Gasteiger partial charge < -0.3 is 20.3 Å². The summed E-state index contributed by atoms with van der Waals surface area (Å²) in [5.74, 6) is 1.24. The summed E-state index contributed by atoms with van der Waals surface area (Å²) in [4.78, 5) is 0. The van der Waals surface area contributed by atoms with Crippen molar-refractivity contribution in [1.29, 1.82) is 0 Å². The van der Waals surface area contributed by atoms with Crippen molar-refractivity contribution in [3.63, 3.8) is 0 Å². The first kappa shape index (κ1) is 13.5. The Hall–Kier alpha value is -0.970. The summed E-state index contributed by atoms with van der Waals surface area (Å²) in [5.41, 5.74) is 7.18. The Morgan fingerprint density at radius 2 is 2.06 bits per heavy atom. The second-order valence-corrected chi connectivity index (χ2v) is 4.65. The van der Waals surface area contributed by atoms with E-state index in [0.29, 0.717) is 29.7 Å². The predicted molar refractivity (Wildman–Crippen MR) is 70.5 cm³/mol. The molecule has 1 unspecified atom stereocenters. The Morgan fingerprint density at radius 3 is 2.67 bits per heavy atom. The normalized spacial score (nSPS) is 16.2. The van der Waals surface area contributed by atoms with Gasteiger partial charge in [0.2, 0.25) is 0 Å². The SMILES string of the molecule is CCc1c(C(O)CN)cc(Cl)c2c1OCCCO2. The van der Waals surface area contributed by atoms with Crippen molar-refractivity contribution in [3.05, 3.63) is 22.2 Å². The number of ether oxygens (including phenoxy) is 2. The number of aliphatic hydroxyl groups is 1. The zero-order valence-electron chi connectivity index (χ0n) is 10.4. The summed E-state index contributed by atoms with van der Waals surface area (Å²) in [7, 11) is 0. The first-order valence-electron chi connectivity index (χ1n) is 6.18. The monoisotopic (exact) mass is 271 g/mol. The van der Waals surface area contributed by atoms with Crippen molar-refractivity contribution in [1.82, 2.24) is 0 Å². The molecule has 2 rings (SSSR count). The van der Waals surface area contributed by atoms with Crippen LogP contribution >= 0.6 is 11.6 Å².